The normalized spacial score (nSPS) is 11.4. The molecule has 0 saturated heterocycles. The number of para-hydroxylation sites is 1. The lowest BCUT2D eigenvalue weighted by molar-refractivity contribution is 0.870. The summed E-state index contributed by atoms with van der Waals surface area (Å²) in [6.07, 6.45) is 1.79. The molecule has 0 aliphatic rings. The smallest absolute Gasteiger partial charge is 0.0438 e. The fourth-order valence-electron chi connectivity index (χ4n) is 1.36. The van der Waals surface area contributed by atoms with Gasteiger partial charge >= 0.3 is 0 Å². The molecule has 0 fully saturated rings. The third-order valence-electron chi connectivity index (χ3n) is 2.06. The number of anilines is 1. The summed E-state index contributed by atoms with van der Waals surface area (Å²) in [5.74, 6) is 0.463. The van der Waals surface area contributed by atoms with Crippen LogP contribution in [0.25, 0.3) is 0 Å². The molecule has 0 bridgehead atoms. The van der Waals surface area contributed by atoms with E-state index in [9.17, 15) is 0 Å². The number of aliphatic imine (C=N–C) groups is 1. The van der Waals surface area contributed by atoms with Gasteiger partial charge in [-0.1, -0.05) is 32.0 Å². The first-order valence-electron chi connectivity index (χ1n) is 4.47. The first-order chi connectivity index (χ1) is 6.16. The van der Waals surface area contributed by atoms with Crippen LogP contribution in [0.5, 0.6) is 0 Å². The van der Waals surface area contributed by atoms with E-state index in [2.05, 4.69) is 24.9 Å². The summed E-state index contributed by atoms with van der Waals surface area (Å²) >= 11 is 0. The van der Waals surface area contributed by atoms with Gasteiger partial charge in [0.1, 0.15) is 0 Å². The molecule has 2 N–H and O–H groups in total. The average molecular weight is 176 g/mol. The highest BCUT2D eigenvalue weighted by molar-refractivity contribution is 5.88. The minimum absolute atomic E-state index is 0.463. The molecular formula is C11H16N2. The Bertz CT molecular complexity index is 314. The quantitative estimate of drug-likeness (QED) is 0.545. The van der Waals surface area contributed by atoms with Crippen molar-refractivity contribution in [2.75, 3.05) is 12.8 Å². The van der Waals surface area contributed by atoms with Crippen LogP contribution in [0.4, 0.5) is 5.69 Å². The lowest BCUT2D eigenvalue weighted by Crippen LogP contribution is -2.00. The number of nitrogens with zero attached hydrogens (tertiary/aromatic N) is 1. The Morgan fingerprint density at radius 3 is 2.62 bits per heavy atom. The van der Waals surface area contributed by atoms with E-state index in [1.807, 2.05) is 12.1 Å². The summed E-state index contributed by atoms with van der Waals surface area (Å²) in [4.78, 5) is 3.96. The van der Waals surface area contributed by atoms with Gasteiger partial charge in [-0.05, 0) is 11.5 Å². The number of hydrogen-bond donors (Lipinski definition) is 1. The highest BCUT2D eigenvalue weighted by atomic mass is 14.7. The molecule has 0 atom stereocenters. The molecule has 0 heterocycles. The van der Waals surface area contributed by atoms with Gasteiger partial charge in [-0.25, -0.2) is 0 Å². The maximum absolute atomic E-state index is 5.98. The predicted octanol–water partition coefficient (Wildman–Crippen LogP) is 2.44. The van der Waals surface area contributed by atoms with E-state index in [-0.39, 0.29) is 0 Å². The van der Waals surface area contributed by atoms with Crippen LogP contribution < -0.4 is 5.73 Å². The zero-order valence-corrected chi connectivity index (χ0v) is 8.41. The lowest BCUT2D eigenvalue weighted by Gasteiger charge is -2.10. The van der Waals surface area contributed by atoms with Crippen molar-refractivity contribution in [3.05, 3.63) is 29.3 Å². The van der Waals surface area contributed by atoms with Gasteiger partial charge in [0.2, 0.25) is 0 Å². The molecule has 1 aromatic carbocycles. The summed E-state index contributed by atoms with van der Waals surface area (Å²) in [5.41, 5.74) is 9.03. The highest BCUT2D eigenvalue weighted by Gasteiger charge is 2.05. The van der Waals surface area contributed by atoms with Crippen molar-refractivity contribution >= 4 is 11.9 Å². The van der Waals surface area contributed by atoms with Crippen LogP contribution in [0.3, 0.4) is 0 Å². The molecule has 0 radical (unpaired) electrons. The number of hydrogen-bond acceptors (Lipinski definition) is 2. The maximum atomic E-state index is 5.98. The fourth-order valence-corrected chi connectivity index (χ4v) is 1.36. The van der Waals surface area contributed by atoms with Gasteiger partial charge in [0, 0.05) is 24.5 Å². The zero-order chi connectivity index (χ0) is 9.84. The topological polar surface area (TPSA) is 38.4 Å². The Morgan fingerprint density at radius 1 is 1.38 bits per heavy atom. The molecule has 1 rings (SSSR count). The molecule has 2 nitrogen and oxygen atoms in total. The summed E-state index contributed by atoms with van der Waals surface area (Å²) in [7, 11) is 1.75. The van der Waals surface area contributed by atoms with Crippen LogP contribution in [0.15, 0.2) is 23.2 Å². The predicted molar refractivity (Wildman–Crippen MR) is 58.5 cm³/mol. The maximum Gasteiger partial charge on any atom is 0.0438 e. The van der Waals surface area contributed by atoms with Gasteiger partial charge in [-0.3, -0.25) is 4.99 Å². The Labute approximate surface area is 79.5 Å². The van der Waals surface area contributed by atoms with Crippen LogP contribution >= 0.6 is 0 Å². The Morgan fingerprint density at radius 2 is 2.08 bits per heavy atom. The van der Waals surface area contributed by atoms with Gasteiger partial charge < -0.3 is 5.73 Å². The molecule has 13 heavy (non-hydrogen) atoms. The molecule has 0 spiro atoms. The fraction of sp³-hybridized carbons (Fsp3) is 0.364. The van der Waals surface area contributed by atoms with Crippen LogP contribution in [0, 0.1) is 0 Å². The number of rotatable bonds is 2. The van der Waals surface area contributed by atoms with E-state index < -0.39 is 0 Å². The standard InChI is InChI=1S/C11H16N2/c1-8(2)10-6-4-5-9(7-13-3)11(10)12/h4-8H,12H2,1-3H3. The van der Waals surface area contributed by atoms with Crippen molar-refractivity contribution in [1.29, 1.82) is 0 Å². The van der Waals surface area contributed by atoms with Crippen LogP contribution in [0.1, 0.15) is 30.9 Å². The summed E-state index contributed by atoms with van der Waals surface area (Å²) < 4.78 is 0. The van der Waals surface area contributed by atoms with Crippen molar-refractivity contribution in [1.82, 2.24) is 0 Å². The van der Waals surface area contributed by atoms with Gasteiger partial charge in [0.25, 0.3) is 0 Å². The molecule has 2 heteroatoms. The van der Waals surface area contributed by atoms with Gasteiger partial charge in [0.05, 0.1) is 0 Å². The molecule has 0 aliphatic heterocycles. The third-order valence-corrected chi connectivity index (χ3v) is 2.06. The highest BCUT2D eigenvalue weighted by Crippen LogP contribution is 2.23. The van der Waals surface area contributed by atoms with Crippen molar-refractivity contribution in [3.63, 3.8) is 0 Å². The van der Waals surface area contributed by atoms with Crippen LogP contribution in [-0.4, -0.2) is 13.3 Å². The molecule has 0 unspecified atom stereocenters. The summed E-state index contributed by atoms with van der Waals surface area (Å²) in [6.45, 7) is 4.27. The number of nitrogens with two attached hydrogens (primary N) is 1. The Hall–Kier alpha value is -1.31. The minimum atomic E-state index is 0.463. The molecular weight excluding hydrogens is 160 g/mol. The summed E-state index contributed by atoms with van der Waals surface area (Å²) in [6, 6.07) is 6.06. The Kier molecular flexibility index (Phi) is 3.07. The van der Waals surface area contributed by atoms with Gasteiger partial charge in [0.15, 0.2) is 0 Å². The molecule has 1 aromatic rings. The van der Waals surface area contributed by atoms with E-state index in [0.717, 1.165) is 11.3 Å². The third kappa shape index (κ3) is 2.08. The monoisotopic (exact) mass is 176 g/mol. The van der Waals surface area contributed by atoms with Gasteiger partial charge in [-0.15, -0.1) is 0 Å². The second-order valence-electron chi connectivity index (χ2n) is 3.39. The zero-order valence-electron chi connectivity index (χ0n) is 8.41. The van der Waals surface area contributed by atoms with Gasteiger partial charge in [-0.2, -0.15) is 0 Å². The largest absolute Gasteiger partial charge is 0.398 e. The SMILES string of the molecule is CN=Cc1cccc(C(C)C)c1N. The van der Waals surface area contributed by atoms with Crippen molar-refractivity contribution in [2.24, 2.45) is 4.99 Å². The number of benzene rings is 1. The van der Waals surface area contributed by atoms with E-state index in [1.165, 1.54) is 5.56 Å². The molecule has 0 amide bonds. The van der Waals surface area contributed by atoms with Crippen molar-refractivity contribution in [2.45, 2.75) is 19.8 Å². The van der Waals surface area contributed by atoms with E-state index >= 15 is 0 Å². The lowest BCUT2D eigenvalue weighted by atomic mass is 9.98. The molecule has 0 saturated carbocycles. The number of nitrogen functional groups attached to an aromatic ring is 1. The minimum Gasteiger partial charge on any atom is -0.398 e. The van der Waals surface area contributed by atoms with Crippen LogP contribution in [-0.2, 0) is 0 Å². The second kappa shape index (κ2) is 4.08. The Balaban J connectivity index is 3.18. The van der Waals surface area contributed by atoms with E-state index in [4.69, 9.17) is 5.73 Å². The first-order valence-corrected chi connectivity index (χ1v) is 4.47. The van der Waals surface area contributed by atoms with E-state index in [1.54, 1.807) is 13.3 Å². The second-order valence-corrected chi connectivity index (χ2v) is 3.39. The van der Waals surface area contributed by atoms with Crippen LogP contribution in [0.2, 0.25) is 0 Å². The molecule has 70 valence electrons. The molecule has 0 aromatic heterocycles. The summed E-state index contributed by atoms with van der Waals surface area (Å²) in [5, 5.41) is 0. The van der Waals surface area contributed by atoms with E-state index in [0.29, 0.717) is 5.92 Å². The van der Waals surface area contributed by atoms with Crippen molar-refractivity contribution in [3.8, 4) is 0 Å². The molecule has 0 aliphatic carbocycles. The first kappa shape index (κ1) is 9.78. The van der Waals surface area contributed by atoms with Crippen molar-refractivity contribution < 1.29 is 0 Å². The average Bonchev–Trinajstić information content (AvgIpc) is 2.08.